The standard InChI is InChI=1S/C11H27N5O3S/c1-5-19-8-6-7-13-10(15-12)14-9-11(2,3)16-20(4,17)18/h16H,5-9,12H2,1-4H3,(H2,13,14,15). The summed E-state index contributed by atoms with van der Waals surface area (Å²) >= 11 is 0. The molecule has 0 aliphatic heterocycles. The van der Waals surface area contributed by atoms with Crippen molar-refractivity contribution in [3.63, 3.8) is 0 Å². The predicted octanol–water partition coefficient (Wildman–Crippen LogP) is -0.850. The monoisotopic (exact) mass is 309 g/mol. The fraction of sp³-hybridized carbons (Fsp3) is 0.909. The maximum Gasteiger partial charge on any atom is 0.209 e. The molecule has 0 spiro atoms. The second-order valence-electron chi connectivity index (χ2n) is 5.04. The number of nitrogens with zero attached hydrogens (tertiary/aromatic N) is 1. The van der Waals surface area contributed by atoms with Crippen molar-refractivity contribution in [3.05, 3.63) is 0 Å². The molecule has 0 radical (unpaired) electrons. The Labute approximate surface area is 121 Å². The van der Waals surface area contributed by atoms with Gasteiger partial charge in [-0.3, -0.25) is 10.4 Å². The molecule has 0 aliphatic rings. The van der Waals surface area contributed by atoms with Crippen LogP contribution in [0.4, 0.5) is 0 Å². The minimum Gasteiger partial charge on any atom is -0.382 e. The molecule has 0 saturated carbocycles. The van der Waals surface area contributed by atoms with Crippen LogP contribution in [0.25, 0.3) is 0 Å². The minimum absolute atomic E-state index is 0.262. The van der Waals surface area contributed by atoms with Crippen LogP contribution in [0.2, 0.25) is 0 Å². The minimum atomic E-state index is -3.27. The first-order valence-electron chi connectivity index (χ1n) is 6.52. The topological polar surface area (TPSA) is 118 Å². The molecule has 0 aromatic carbocycles. The van der Waals surface area contributed by atoms with E-state index in [9.17, 15) is 8.42 Å². The van der Waals surface area contributed by atoms with E-state index in [1.54, 1.807) is 13.8 Å². The smallest absolute Gasteiger partial charge is 0.209 e. The fourth-order valence-electron chi connectivity index (χ4n) is 1.49. The summed E-state index contributed by atoms with van der Waals surface area (Å²) < 4.78 is 30.1. The molecule has 0 saturated heterocycles. The first kappa shape index (κ1) is 19.1. The van der Waals surface area contributed by atoms with E-state index in [0.717, 1.165) is 12.7 Å². The number of hydrazine groups is 1. The summed E-state index contributed by atoms with van der Waals surface area (Å²) in [7, 11) is -3.27. The highest BCUT2D eigenvalue weighted by atomic mass is 32.2. The Balaban J connectivity index is 4.23. The number of sulfonamides is 1. The van der Waals surface area contributed by atoms with Gasteiger partial charge >= 0.3 is 0 Å². The third kappa shape index (κ3) is 11.0. The first-order valence-corrected chi connectivity index (χ1v) is 8.41. The molecule has 9 heteroatoms. The van der Waals surface area contributed by atoms with Crippen LogP contribution in [0.5, 0.6) is 0 Å². The van der Waals surface area contributed by atoms with Crippen LogP contribution in [-0.4, -0.2) is 52.5 Å². The van der Waals surface area contributed by atoms with Crippen molar-refractivity contribution in [1.29, 1.82) is 0 Å². The van der Waals surface area contributed by atoms with Crippen LogP contribution < -0.4 is 21.3 Å². The molecule has 5 N–H and O–H groups in total. The van der Waals surface area contributed by atoms with Gasteiger partial charge in [0.25, 0.3) is 0 Å². The maximum absolute atomic E-state index is 11.2. The van der Waals surface area contributed by atoms with Crippen molar-refractivity contribution in [2.75, 3.05) is 32.6 Å². The average molecular weight is 309 g/mol. The van der Waals surface area contributed by atoms with Crippen LogP contribution >= 0.6 is 0 Å². The Morgan fingerprint density at radius 1 is 1.40 bits per heavy atom. The molecule has 0 aromatic heterocycles. The van der Waals surface area contributed by atoms with Crippen LogP contribution in [0, 0.1) is 0 Å². The van der Waals surface area contributed by atoms with E-state index < -0.39 is 15.6 Å². The van der Waals surface area contributed by atoms with Crippen LogP contribution in [0.3, 0.4) is 0 Å². The molecule has 0 amide bonds. The largest absolute Gasteiger partial charge is 0.382 e. The molecule has 0 rings (SSSR count). The molecular weight excluding hydrogens is 282 g/mol. The van der Waals surface area contributed by atoms with Gasteiger partial charge in [0.2, 0.25) is 16.0 Å². The highest BCUT2D eigenvalue weighted by molar-refractivity contribution is 7.88. The van der Waals surface area contributed by atoms with Crippen molar-refractivity contribution < 1.29 is 13.2 Å². The highest BCUT2D eigenvalue weighted by Gasteiger charge is 2.21. The molecule has 0 bridgehead atoms. The lowest BCUT2D eigenvalue weighted by atomic mass is 10.1. The fourth-order valence-corrected chi connectivity index (χ4v) is 2.56. The summed E-state index contributed by atoms with van der Waals surface area (Å²) in [5, 5.41) is 3.02. The van der Waals surface area contributed by atoms with E-state index in [1.807, 2.05) is 6.92 Å². The van der Waals surface area contributed by atoms with Gasteiger partial charge in [-0.25, -0.2) is 19.0 Å². The van der Waals surface area contributed by atoms with Crippen molar-refractivity contribution in [2.24, 2.45) is 10.8 Å². The lowest BCUT2D eigenvalue weighted by molar-refractivity contribution is 0.145. The molecule has 0 atom stereocenters. The molecule has 20 heavy (non-hydrogen) atoms. The number of aliphatic imine (C=N–C) groups is 1. The van der Waals surface area contributed by atoms with Gasteiger partial charge in [-0.15, -0.1) is 0 Å². The zero-order valence-corrected chi connectivity index (χ0v) is 13.5. The normalized spacial score (nSPS) is 13.3. The third-order valence-corrected chi connectivity index (χ3v) is 3.12. The summed E-state index contributed by atoms with van der Waals surface area (Å²) in [6.45, 7) is 7.74. The molecule has 0 unspecified atom stereocenters. The molecule has 0 aromatic rings. The Kier molecular flexibility index (Phi) is 8.70. The van der Waals surface area contributed by atoms with E-state index in [0.29, 0.717) is 25.7 Å². The highest BCUT2D eigenvalue weighted by Crippen LogP contribution is 2.04. The van der Waals surface area contributed by atoms with Gasteiger partial charge in [-0.05, 0) is 27.2 Å². The molecular formula is C11H27N5O3S. The van der Waals surface area contributed by atoms with Gasteiger partial charge in [0, 0.05) is 25.3 Å². The van der Waals surface area contributed by atoms with Gasteiger partial charge in [0.15, 0.2) is 0 Å². The number of hydrogen-bond acceptors (Lipinski definition) is 5. The van der Waals surface area contributed by atoms with E-state index in [4.69, 9.17) is 10.6 Å². The van der Waals surface area contributed by atoms with Gasteiger partial charge in [0.05, 0.1) is 12.8 Å². The van der Waals surface area contributed by atoms with Gasteiger partial charge in [-0.2, -0.15) is 0 Å². The number of ether oxygens (including phenoxy) is 1. The molecule has 120 valence electrons. The second kappa shape index (κ2) is 9.11. The first-order chi connectivity index (χ1) is 9.20. The van der Waals surface area contributed by atoms with Crippen LogP contribution in [-0.2, 0) is 14.8 Å². The van der Waals surface area contributed by atoms with Crippen molar-refractivity contribution in [2.45, 2.75) is 32.7 Å². The number of hydrogen-bond donors (Lipinski definition) is 4. The average Bonchev–Trinajstić information content (AvgIpc) is 2.29. The van der Waals surface area contributed by atoms with Crippen LogP contribution in [0.15, 0.2) is 4.99 Å². The van der Waals surface area contributed by atoms with E-state index in [2.05, 4.69) is 20.5 Å². The van der Waals surface area contributed by atoms with Crippen LogP contribution in [0.1, 0.15) is 27.2 Å². The summed E-state index contributed by atoms with van der Waals surface area (Å²) in [4.78, 5) is 4.22. The lowest BCUT2D eigenvalue weighted by Crippen LogP contribution is -2.47. The molecule has 0 aliphatic carbocycles. The van der Waals surface area contributed by atoms with Gasteiger partial charge in [0.1, 0.15) is 0 Å². The van der Waals surface area contributed by atoms with E-state index in [1.165, 1.54) is 0 Å². The van der Waals surface area contributed by atoms with Crippen molar-refractivity contribution >= 4 is 16.0 Å². The number of guanidine groups is 1. The molecule has 8 nitrogen and oxygen atoms in total. The summed E-state index contributed by atoms with van der Waals surface area (Å²) in [6.07, 6.45) is 1.95. The van der Waals surface area contributed by atoms with Crippen molar-refractivity contribution in [1.82, 2.24) is 15.5 Å². The number of nitrogens with one attached hydrogen (secondary N) is 3. The zero-order valence-electron chi connectivity index (χ0n) is 12.7. The molecule has 0 fully saturated rings. The Morgan fingerprint density at radius 3 is 2.55 bits per heavy atom. The predicted molar refractivity (Wildman–Crippen MR) is 80.8 cm³/mol. The third-order valence-electron chi connectivity index (χ3n) is 2.19. The summed E-state index contributed by atoms with van der Waals surface area (Å²) in [5.74, 6) is 5.78. The van der Waals surface area contributed by atoms with Gasteiger partial charge < -0.3 is 10.1 Å². The number of rotatable bonds is 9. The Morgan fingerprint density at radius 2 is 2.05 bits per heavy atom. The van der Waals surface area contributed by atoms with Crippen molar-refractivity contribution in [3.8, 4) is 0 Å². The Bertz CT molecular complexity index is 395. The maximum atomic E-state index is 11.2. The number of nitrogens with two attached hydrogens (primary N) is 1. The quantitative estimate of drug-likeness (QED) is 0.145. The second-order valence-corrected chi connectivity index (χ2v) is 6.79. The van der Waals surface area contributed by atoms with E-state index >= 15 is 0 Å². The van der Waals surface area contributed by atoms with E-state index in [-0.39, 0.29) is 6.54 Å². The Hall–Kier alpha value is -0.900. The zero-order chi connectivity index (χ0) is 15.6. The lowest BCUT2D eigenvalue weighted by Gasteiger charge is -2.23. The van der Waals surface area contributed by atoms with Gasteiger partial charge in [-0.1, -0.05) is 0 Å². The summed E-state index contributed by atoms with van der Waals surface area (Å²) in [5.41, 5.74) is 1.77. The SMILES string of the molecule is CCOCCCNC(=NCC(C)(C)NS(C)(=O)=O)NN. The summed E-state index contributed by atoms with van der Waals surface area (Å²) in [6, 6.07) is 0. The molecule has 0 heterocycles.